The van der Waals surface area contributed by atoms with E-state index in [1.54, 1.807) is 6.92 Å². The molecule has 4 nitrogen and oxygen atoms in total. The van der Waals surface area contributed by atoms with Crippen LogP contribution in [-0.2, 0) is 25.4 Å². The molecule has 124 valence electrons. The van der Waals surface area contributed by atoms with Crippen molar-refractivity contribution >= 4 is 17.6 Å². The van der Waals surface area contributed by atoms with Crippen molar-refractivity contribution < 1.29 is 19.0 Å². The number of ether oxygens (including phenoxy) is 3. The summed E-state index contributed by atoms with van der Waals surface area (Å²) in [5.74, 6) is -0.211. The summed E-state index contributed by atoms with van der Waals surface area (Å²) in [4.78, 5) is 11.6. The highest BCUT2D eigenvalue weighted by molar-refractivity contribution is 6.31. The van der Waals surface area contributed by atoms with E-state index in [0.717, 1.165) is 17.5 Å². The summed E-state index contributed by atoms with van der Waals surface area (Å²) in [6.07, 6.45) is 1.57. The average molecular weight is 329 g/mol. The molecule has 22 heavy (non-hydrogen) atoms. The topological polar surface area (TPSA) is 44.8 Å². The predicted octanol–water partition coefficient (Wildman–Crippen LogP) is 4.30. The first-order chi connectivity index (χ1) is 10.6. The first-order valence-corrected chi connectivity index (χ1v) is 8.13. The van der Waals surface area contributed by atoms with Crippen molar-refractivity contribution in [2.24, 2.45) is 0 Å². The van der Waals surface area contributed by atoms with Crippen LogP contribution in [0.3, 0.4) is 0 Å². The van der Waals surface area contributed by atoms with Crippen molar-refractivity contribution in [1.82, 2.24) is 0 Å². The Bertz CT molecular complexity index is 462. The van der Waals surface area contributed by atoms with Crippen LogP contribution in [0.25, 0.3) is 0 Å². The van der Waals surface area contributed by atoms with Crippen LogP contribution in [0.1, 0.15) is 50.8 Å². The summed E-state index contributed by atoms with van der Waals surface area (Å²) in [6.45, 7) is 7.03. The normalized spacial score (nSPS) is 12.2. The Labute approximate surface area is 137 Å². The molecule has 1 aromatic carbocycles. The zero-order valence-corrected chi connectivity index (χ0v) is 14.3. The Morgan fingerprint density at radius 2 is 2.00 bits per heavy atom. The zero-order chi connectivity index (χ0) is 16.4. The van der Waals surface area contributed by atoms with Crippen molar-refractivity contribution in [3.63, 3.8) is 0 Å². The van der Waals surface area contributed by atoms with Crippen LogP contribution in [0.5, 0.6) is 0 Å². The van der Waals surface area contributed by atoms with Gasteiger partial charge in [-0.15, -0.1) is 0 Å². The van der Waals surface area contributed by atoms with Gasteiger partial charge in [-0.1, -0.05) is 30.7 Å². The molecule has 0 saturated carbocycles. The number of rotatable bonds is 10. The second-order valence-electron chi connectivity index (χ2n) is 4.79. The fourth-order valence-corrected chi connectivity index (χ4v) is 2.52. The number of hydrogen-bond donors (Lipinski definition) is 0. The zero-order valence-electron chi connectivity index (χ0n) is 13.6. The molecular weight excluding hydrogens is 304 g/mol. The Hall–Kier alpha value is -1.10. The molecule has 0 unspecified atom stereocenters. The lowest BCUT2D eigenvalue weighted by molar-refractivity contribution is -0.143. The van der Waals surface area contributed by atoms with E-state index in [1.165, 1.54) is 0 Å². The molecule has 5 heteroatoms. The van der Waals surface area contributed by atoms with Gasteiger partial charge in [0.15, 0.2) is 0 Å². The highest BCUT2D eigenvalue weighted by Crippen LogP contribution is 2.30. The maximum absolute atomic E-state index is 11.6. The SMILES string of the molecule is CCOCO[C@H](CC)c1cccc(Cl)c1CCC(=O)OCC. The second kappa shape index (κ2) is 10.6. The third-order valence-electron chi connectivity index (χ3n) is 3.31. The average Bonchev–Trinajstić information content (AvgIpc) is 2.51. The largest absolute Gasteiger partial charge is 0.466 e. The molecule has 1 rings (SSSR count). The van der Waals surface area contributed by atoms with Gasteiger partial charge >= 0.3 is 5.97 Å². The van der Waals surface area contributed by atoms with Gasteiger partial charge in [0, 0.05) is 18.1 Å². The van der Waals surface area contributed by atoms with Gasteiger partial charge in [-0.3, -0.25) is 4.79 Å². The molecule has 0 bridgehead atoms. The maximum atomic E-state index is 11.6. The number of carbonyl (C=O) groups excluding carboxylic acids is 1. The Kier molecular flexibility index (Phi) is 9.13. The van der Waals surface area contributed by atoms with Gasteiger partial charge in [-0.2, -0.15) is 0 Å². The van der Waals surface area contributed by atoms with Crippen LogP contribution in [-0.4, -0.2) is 26.0 Å². The molecule has 0 aromatic heterocycles. The van der Waals surface area contributed by atoms with Crippen LogP contribution in [0.4, 0.5) is 0 Å². The van der Waals surface area contributed by atoms with Gasteiger partial charge in [0.2, 0.25) is 0 Å². The molecule has 0 aliphatic heterocycles. The number of carbonyl (C=O) groups is 1. The van der Waals surface area contributed by atoms with Crippen LogP contribution < -0.4 is 0 Å². The number of hydrogen-bond acceptors (Lipinski definition) is 4. The van der Waals surface area contributed by atoms with E-state index in [-0.39, 0.29) is 18.9 Å². The Morgan fingerprint density at radius 1 is 1.23 bits per heavy atom. The third kappa shape index (κ3) is 5.95. The van der Waals surface area contributed by atoms with Crippen LogP contribution in [0.2, 0.25) is 5.02 Å². The molecule has 0 spiro atoms. The molecule has 0 saturated heterocycles. The van der Waals surface area contributed by atoms with Crippen molar-refractivity contribution in [3.05, 3.63) is 34.3 Å². The summed E-state index contributed by atoms with van der Waals surface area (Å²) in [5, 5.41) is 0.653. The smallest absolute Gasteiger partial charge is 0.306 e. The van der Waals surface area contributed by atoms with Crippen molar-refractivity contribution in [2.75, 3.05) is 20.0 Å². The van der Waals surface area contributed by atoms with Crippen LogP contribution in [0, 0.1) is 0 Å². The van der Waals surface area contributed by atoms with Gasteiger partial charge in [0.1, 0.15) is 6.79 Å². The Balaban J connectivity index is 2.84. The second-order valence-corrected chi connectivity index (χ2v) is 5.19. The van der Waals surface area contributed by atoms with E-state index >= 15 is 0 Å². The molecule has 0 radical (unpaired) electrons. The summed E-state index contributed by atoms with van der Waals surface area (Å²) < 4.78 is 16.0. The van der Waals surface area contributed by atoms with E-state index in [1.807, 2.05) is 32.0 Å². The van der Waals surface area contributed by atoms with E-state index in [9.17, 15) is 4.79 Å². The molecule has 0 N–H and O–H groups in total. The summed E-state index contributed by atoms with van der Waals surface area (Å²) >= 11 is 6.31. The van der Waals surface area contributed by atoms with Gasteiger partial charge in [-0.25, -0.2) is 0 Å². The fraction of sp³-hybridized carbons (Fsp3) is 0.588. The number of esters is 1. The minimum absolute atomic E-state index is 0.0950. The van der Waals surface area contributed by atoms with Gasteiger partial charge in [0.05, 0.1) is 12.7 Å². The Morgan fingerprint density at radius 3 is 2.64 bits per heavy atom. The summed E-state index contributed by atoms with van der Waals surface area (Å²) in [6, 6.07) is 5.73. The molecule has 0 heterocycles. The highest BCUT2D eigenvalue weighted by atomic mass is 35.5. The van der Waals surface area contributed by atoms with E-state index < -0.39 is 0 Å². The lowest BCUT2D eigenvalue weighted by atomic mass is 9.97. The molecule has 1 aromatic rings. The fourth-order valence-electron chi connectivity index (χ4n) is 2.24. The van der Waals surface area contributed by atoms with Gasteiger partial charge < -0.3 is 14.2 Å². The van der Waals surface area contributed by atoms with Crippen LogP contribution >= 0.6 is 11.6 Å². The van der Waals surface area contributed by atoms with Gasteiger partial charge in [-0.05, 0) is 43.9 Å². The number of benzene rings is 1. The first-order valence-electron chi connectivity index (χ1n) is 7.76. The predicted molar refractivity (Wildman–Crippen MR) is 87.0 cm³/mol. The minimum atomic E-state index is -0.211. The summed E-state index contributed by atoms with van der Waals surface area (Å²) in [5.41, 5.74) is 1.96. The molecule has 0 amide bonds. The van der Waals surface area contributed by atoms with E-state index in [0.29, 0.717) is 31.1 Å². The van der Waals surface area contributed by atoms with E-state index in [4.69, 9.17) is 25.8 Å². The van der Waals surface area contributed by atoms with Gasteiger partial charge in [0.25, 0.3) is 0 Å². The standard InChI is InChI=1S/C17H25ClO4/c1-4-16(22-12-20-5-2)14-8-7-9-15(18)13(14)10-11-17(19)21-6-3/h7-9,16H,4-6,10-12H2,1-3H3/t16-/m1/s1. The molecular formula is C17H25ClO4. The first kappa shape index (κ1) is 18.9. The lowest BCUT2D eigenvalue weighted by Crippen LogP contribution is -2.11. The quantitative estimate of drug-likeness (QED) is 0.365. The van der Waals surface area contributed by atoms with Crippen molar-refractivity contribution in [2.45, 2.75) is 46.1 Å². The van der Waals surface area contributed by atoms with Crippen molar-refractivity contribution in [3.8, 4) is 0 Å². The molecule has 0 fully saturated rings. The summed E-state index contributed by atoms with van der Waals surface area (Å²) in [7, 11) is 0. The number of halogens is 1. The minimum Gasteiger partial charge on any atom is -0.466 e. The monoisotopic (exact) mass is 328 g/mol. The third-order valence-corrected chi connectivity index (χ3v) is 3.67. The van der Waals surface area contributed by atoms with E-state index in [2.05, 4.69) is 0 Å². The molecule has 1 atom stereocenters. The van der Waals surface area contributed by atoms with Crippen LogP contribution in [0.15, 0.2) is 18.2 Å². The molecule has 0 aliphatic carbocycles. The lowest BCUT2D eigenvalue weighted by Gasteiger charge is -2.20. The maximum Gasteiger partial charge on any atom is 0.306 e. The highest BCUT2D eigenvalue weighted by Gasteiger charge is 2.17. The van der Waals surface area contributed by atoms with Crippen molar-refractivity contribution in [1.29, 1.82) is 0 Å². The molecule has 0 aliphatic rings.